The molecule has 3 aliphatic heterocycles. The maximum atomic E-state index is 14.7. The lowest BCUT2D eigenvalue weighted by Crippen LogP contribution is -2.54. The fourth-order valence-corrected chi connectivity index (χ4v) is 8.67. The Kier molecular flexibility index (Phi) is 9.12. The molecule has 0 bridgehead atoms. The van der Waals surface area contributed by atoms with E-state index in [1.54, 1.807) is 12.1 Å². The maximum Gasteiger partial charge on any atom is 0.335 e. The summed E-state index contributed by atoms with van der Waals surface area (Å²) in [6.45, 7) is 1.98. The molecule has 4 amide bonds. The number of barbiturate groups is 1. The number of anilines is 2. The van der Waals surface area contributed by atoms with E-state index in [1.807, 2.05) is 91.0 Å². The Morgan fingerprint density at radius 3 is 2.00 bits per heavy atom. The van der Waals surface area contributed by atoms with Crippen LogP contribution in [0, 0.1) is 0 Å². The molecule has 0 unspecified atom stereocenters. The van der Waals surface area contributed by atoms with Gasteiger partial charge in [0.2, 0.25) is 0 Å². The number of ether oxygens (including phenoxy) is 1. The topological polar surface area (TPSA) is 79.0 Å². The molecule has 2 atom stereocenters. The number of carbonyl (C=O) groups excluding carboxylic acids is 3. The molecular formula is C46H35Cl2N3O4. The van der Waals surface area contributed by atoms with Crippen molar-refractivity contribution >= 4 is 69.3 Å². The van der Waals surface area contributed by atoms with Crippen molar-refractivity contribution in [3.05, 3.63) is 176 Å². The van der Waals surface area contributed by atoms with Crippen molar-refractivity contribution in [2.45, 2.75) is 31.3 Å². The Labute approximate surface area is 328 Å². The lowest BCUT2D eigenvalue weighted by Gasteiger charge is -2.44. The van der Waals surface area contributed by atoms with Gasteiger partial charge in [-0.2, -0.15) is 0 Å². The van der Waals surface area contributed by atoms with Gasteiger partial charge in [-0.05, 0) is 87.8 Å². The Hall–Kier alpha value is -5.89. The molecule has 272 valence electrons. The van der Waals surface area contributed by atoms with Crippen LogP contribution < -0.4 is 19.9 Å². The highest BCUT2D eigenvalue weighted by Crippen LogP contribution is 2.50. The lowest BCUT2D eigenvalue weighted by atomic mass is 9.76. The summed E-state index contributed by atoms with van der Waals surface area (Å²) in [6, 6.07) is 40.6. The van der Waals surface area contributed by atoms with Crippen LogP contribution in [0.15, 0.2) is 133 Å². The number of nitrogens with one attached hydrogen (secondary N) is 1. The van der Waals surface area contributed by atoms with Crippen LogP contribution in [0.2, 0.25) is 10.0 Å². The molecule has 6 aromatic rings. The Morgan fingerprint density at radius 1 is 0.709 bits per heavy atom. The first-order valence-electron chi connectivity index (χ1n) is 18.4. The number of fused-ring (bicyclic) bond motifs is 1. The molecule has 1 N–H and O–H groups in total. The van der Waals surface area contributed by atoms with Gasteiger partial charge in [0.1, 0.15) is 17.9 Å². The van der Waals surface area contributed by atoms with E-state index in [-0.39, 0.29) is 24.0 Å². The number of nitrogens with zero attached hydrogens (tertiary/aromatic N) is 2. The number of hydrogen-bond donors (Lipinski definition) is 1. The molecule has 3 aliphatic rings. The third-order valence-electron chi connectivity index (χ3n) is 11.0. The van der Waals surface area contributed by atoms with Crippen molar-refractivity contribution in [1.29, 1.82) is 0 Å². The van der Waals surface area contributed by atoms with Crippen LogP contribution in [-0.2, 0) is 16.2 Å². The van der Waals surface area contributed by atoms with Crippen molar-refractivity contribution in [2.75, 3.05) is 22.9 Å². The number of amides is 4. The molecule has 1 saturated heterocycles. The first-order valence-corrected chi connectivity index (χ1v) is 19.1. The molecule has 9 heteroatoms. The normalized spacial score (nSPS) is 18.7. The standard InChI is InChI=1S/C46H35Cl2N3O4/c47-40-17-15-28(23-41(40)48)27-55-42-18-16-31-13-7-8-14-33(31)36(42)26-39-44(52)49-46(54)51(45(39)53)32-24-37-34(29-9-3-1-4-10-29)19-21-50-22-20-35(38(25-32)43(37)50)30-11-5-2-6-12-30/h1-18,23-26,34-35H,19-22,27H2,(H,49,52,54)/b39-26+/t34-,35-/m0/s1. The third-order valence-corrected chi connectivity index (χ3v) is 11.7. The molecule has 55 heavy (non-hydrogen) atoms. The molecular weight excluding hydrogens is 729 g/mol. The van der Waals surface area contributed by atoms with Crippen molar-refractivity contribution in [3.63, 3.8) is 0 Å². The summed E-state index contributed by atoms with van der Waals surface area (Å²) in [5.41, 5.74) is 7.24. The zero-order valence-electron chi connectivity index (χ0n) is 29.7. The molecule has 0 aromatic heterocycles. The molecule has 7 nitrogen and oxygen atoms in total. The van der Waals surface area contributed by atoms with Crippen LogP contribution in [0.1, 0.15) is 58.1 Å². The van der Waals surface area contributed by atoms with E-state index in [9.17, 15) is 14.4 Å². The summed E-state index contributed by atoms with van der Waals surface area (Å²) in [5, 5.41) is 4.99. The SMILES string of the molecule is O=C1NC(=O)N(c2cc3c4c(c2)[C@H](c2ccccc2)CCN4CC[C@H]3c2ccccc2)C(=O)/C1=C/c1c(OCc2ccc(Cl)c(Cl)c2)ccc2ccccc12. The second kappa shape index (κ2) is 14.4. The lowest BCUT2D eigenvalue weighted by molar-refractivity contribution is -0.122. The molecule has 0 spiro atoms. The average Bonchev–Trinajstić information content (AvgIpc) is 3.21. The molecule has 0 saturated carbocycles. The summed E-state index contributed by atoms with van der Waals surface area (Å²) < 4.78 is 6.31. The molecule has 3 heterocycles. The van der Waals surface area contributed by atoms with Crippen LogP contribution in [-0.4, -0.2) is 30.9 Å². The van der Waals surface area contributed by atoms with E-state index in [0.29, 0.717) is 27.0 Å². The van der Waals surface area contributed by atoms with Crippen LogP contribution >= 0.6 is 23.2 Å². The molecule has 6 aromatic carbocycles. The van der Waals surface area contributed by atoms with Crippen LogP contribution in [0.4, 0.5) is 16.2 Å². The fourth-order valence-electron chi connectivity index (χ4n) is 8.35. The minimum Gasteiger partial charge on any atom is -0.488 e. The number of rotatable bonds is 7. The van der Waals surface area contributed by atoms with E-state index in [4.69, 9.17) is 27.9 Å². The van der Waals surface area contributed by atoms with E-state index in [1.165, 1.54) is 22.9 Å². The van der Waals surface area contributed by atoms with Crippen molar-refractivity contribution in [2.24, 2.45) is 0 Å². The Balaban J connectivity index is 1.16. The van der Waals surface area contributed by atoms with Gasteiger partial charge in [-0.25, -0.2) is 9.69 Å². The van der Waals surface area contributed by atoms with Gasteiger partial charge in [-0.15, -0.1) is 0 Å². The summed E-state index contributed by atoms with van der Waals surface area (Å²) in [6.07, 6.45) is 3.32. The summed E-state index contributed by atoms with van der Waals surface area (Å²) in [5.74, 6) is -0.905. The number of hydrogen-bond acceptors (Lipinski definition) is 5. The van der Waals surface area contributed by atoms with Gasteiger partial charge in [0.15, 0.2) is 0 Å². The second-order valence-corrected chi connectivity index (χ2v) is 15.0. The van der Waals surface area contributed by atoms with Crippen molar-refractivity contribution in [1.82, 2.24) is 5.32 Å². The fraction of sp³-hybridized carbons (Fsp3) is 0.152. The average molecular weight is 765 g/mol. The summed E-state index contributed by atoms with van der Waals surface area (Å²) >= 11 is 12.4. The first kappa shape index (κ1) is 34.9. The minimum absolute atomic E-state index is 0.0613. The highest BCUT2D eigenvalue weighted by Gasteiger charge is 2.41. The van der Waals surface area contributed by atoms with E-state index in [2.05, 4.69) is 34.5 Å². The summed E-state index contributed by atoms with van der Waals surface area (Å²) in [7, 11) is 0. The highest BCUT2D eigenvalue weighted by molar-refractivity contribution is 6.42. The van der Waals surface area contributed by atoms with Gasteiger partial charge in [0.05, 0.1) is 15.7 Å². The maximum absolute atomic E-state index is 14.7. The van der Waals surface area contributed by atoms with Crippen molar-refractivity contribution in [3.8, 4) is 5.75 Å². The molecule has 0 radical (unpaired) electrons. The van der Waals surface area contributed by atoms with Crippen molar-refractivity contribution < 1.29 is 19.1 Å². The Morgan fingerprint density at radius 2 is 1.35 bits per heavy atom. The van der Waals surface area contributed by atoms with Gasteiger partial charge in [0, 0.05) is 36.2 Å². The summed E-state index contributed by atoms with van der Waals surface area (Å²) in [4.78, 5) is 45.7. The quantitative estimate of drug-likeness (QED) is 0.129. The molecule has 0 aliphatic carbocycles. The van der Waals surface area contributed by atoms with Gasteiger partial charge in [0.25, 0.3) is 11.8 Å². The predicted molar refractivity (Wildman–Crippen MR) is 218 cm³/mol. The predicted octanol–water partition coefficient (Wildman–Crippen LogP) is 10.3. The zero-order chi connectivity index (χ0) is 37.6. The Bertz CT molecular complexity index is 2470. The number of halogens is 2. The second-order valence-electron chi connectivity index (χ2n) is 14.2. The number of urea groups is 1. The van der Waals surface area contributed by atoms with E-state index >= 15 is 0 Å². The van der Waals surface area contributed by atoms with Gasteiger partial charge < -0.3 is 9.64 Å². The van der Waals surface area contributed by atoms with Crippen LogP contribution in [0.5, 0.6) is 5.75 Å². The van der Waals surface area contributed by atoms with E-state index in [0.717, 1.165) is 58.3 Å². The number of benzene rings is 6. The van der Waals surface area contributed by atoms with E-state index < -0.39 is 17.8 Å². The largest absolute Gasteiger partial charge is 0.488 e. The minimum atomic E-state index is -0.788. The highest BCUT2D eigenvalue weighted by atomic mass is 35.5. The van der Waals surface area contributed by atoms with Gasteiger partial charge in [-0.3, -0.25) is 14.9 Å². The third kappa shape index (κ3) is 6.43. The molecule has 9 rings (SSSR count). The van der Waals surface area contributed by atoms with Gasteiger partial charge in [-0.1, -0.05) is 120 Å². The first-order chi connectivity index (χ1) is 26.8. The van der Waals surface area contributed by atoms with Crippen LogP contribution in [0.3, 0.4) is 0 Å². The monoisotopic (exact) mass is 763 g/mol. The smallest absolute Gasteiger partial charge is 0.335 e. The zero-order valence-corrected chi connectivity index (χ0v) is 31.2. The number of carbonyl (C=O) groups is 3. The molecule has 1 fully saturated rings. The van der Waals surface area contributed by atoms with Gasteiger partial charge >= 0.3 is 6.03 Å². The van der Waals surface area contributed by atoms with Crippen LogP contribution in [0.25, 0.3) is 16.8 Å². The number of imide groups is 2.